The van der Waals surface area contributed by atoms with Gasteiger partial charge < -0.3 is 19.4 Å². The van der Waals surface area contributed by atoms with Crippen molar-refractivity contribution < 1.29 is 48.6 Å². The van der Waals surface area contributed by atoms with Gasteiger partial charge in [0.05, 0.1) is 62.0 Å². The summed E-state index contributed by atoms with van der Waals surface area (Å²) in [5.74, 6) is 0.463. The van der Waals surface area contributed by atoms with Crippen molar-refractivity contribution in [2.24, 2.45) is 0 Å². The molecule has 115 heavy (non-hydrogen) atoms. The molecular weight excluding hydrogens is 1480 g/mol. The van der Waals surface area contributed by atoms with Crippen molar-refractivity contribution in [3.05, 3.63) is 246 Å². The van der Waals surface area contributed by atoms with Crippen molar-refractivity contribution in [1.82, 2.24) is 53.0 Å². The van der Waals surface area contributed by atoms with Gasteiger partial charge in [-0.3, -0.25) is 43.1 Å². The molecule has 5 aliphatic heterocycles. The van der Waals surface area contributed by atoms with Crippen molar-refractivity contribution in [3.63, 3.8) is 0 Å². The first-order chi connectivity index (χ1) is 55.7. The van der Waals surface area contributed by atoms with E-state index in [9.17, 15) is 39.5 Å². The first-order valence-electron chi connectivity index (χ1n) is 38.6. The van der Waals surface area contributed by atoms with E-state index in [0.717, 1.165) is 162 Å². The number of aryl methyl sites for hydroxylation is 2. The van der Waals surface area contributed by atoms with Crippen LogP contribution in [0.25, 0.3) is 132 Å². The molecule has 9 aromatic heterocycles. The molecule has 0 saturated carbocycles. The average molecular weight is 1560 g/mol. The van der Waals surface area contributed by atoms with E-state index in [-0.39, 0.29) is 11.6 Å². The third kappa shape index (κ3) is 13.2. The molecule has 0 radical (unpaired) electrons. The maximum Gasteiger partial charge on any atom is 0.319 e. The first kappa shape index (κ1) is 74.7. The quantitative estimate of drug-likeness (QED) is 0.137. The second kappa shape index (κ2) is 29.9. The monoisotopic (exact) mass is 1560 g/mol. The van der Waals surface area contributed by atoms with Gasteiger partial charge >= 0.3 is 26.2 Å². The zero-order valence-electron chi connectivity index (χ0n) is 63.6. The molecule has 5 aliphatic rings. The number of fused-ring (bicyclic) bond motifs is 17. The van der Waals surface area contributed by atoms with Crippen LogP contribution in [-0.4, -0.2) is 114 Å². The maximum absolute atomic E-state index is 15.4. The third-order valence-electron chi connectivity index (χ3n) is 24.2. The van der Waals surface area contributed by atoms with E-state index >= 15 is 4.39 Å². The molecule has 14 nitrogen and oxygen atoms in total. The lowest BCUT2D eigenvalue weighted by Gasteiger charge is -2.37. The Labute approximate surface area is 655 Å². The summed E-state index contributed by atoms with van der Waals surface area (Å²) in [6.45, 7) is -3.39. The molecule has 1 spiro atoms. The van der Waals surface area contributed by atoms with E-state index in [1.165, 1.54) is 41.2 Å². The van der Waals surface area contributed by atoms with Crippen LogP contribution in [-0.2, 0) is 36.2 Å². The highest BCUT2D eigenvalue weighted by molar-refractivity contribution is 6.12. The van der Waals surface area contributed by atoms with Gasteiger partial charge in [-0.15, -0.1) is 0 Å². The van der Waals surface area contributed by atoms with Crippen LogP contribution in [0.4, 0.5) is 55.4 Å². The van der Waals surface area contributed by atoms with E-state index in [4.69, 9.17) is 4.74 Å². The number of pyridine rings is 5. The number of piperidine rings is 1. The second-order valence-electron chi connectivity index (χ2n) is 30.7. The minimum atomic E-state index is -2.69. The summed E-state index contributed by atoms with van der Waals surface area (Å²) in [5.41, 5.74) is 16.9. The topological polar surface area (TPSA) is 106 Å². The Hall–Kier alpha value is -11.7. The average Bonchev–Trinajstić information content (AvgIpc) is 1.82. The van der Waals surface area contributed by atoms with E-state index in [0.29, 0.717) is 106 Å². The van der Waals surface area contributed by atoms with Gasteiger partial charge in [-0.25, -0.2) is 13.8 Å². The first-order valence-corrected chi connectivity index (χ1v) is 38.6. The molecule has 7 aromatic carbocycles. The Morgan fingerprint density at radius 1 is 0.374 bits per heavy atom. The normalized spacial score (nSPS) is 16.2. The van der Waals surface area contributed by atoms with Crippen LogP contribution in [0, 0.1) is 11.6 Å². The summed E-state index contributed by atoms with van der Waals surface area (Å²) in [5, 5.41) is 5.86. The van der Waals surface area contributed by atoms with E-state index < -0.39 is 31.8 Å². The molecule has 584 valence electrons. The largest absolute Gasteiger partial charge is 0.372 e. The Kier molecular flexibility index (Phi) is 19.4. The molecule has 0 N–H and O–H groups in total. The number of hydrogen-bond donors (Lipinski definition) is 0. The van der Waals surface area contributed by atoms with Gasteiger partial charge in [0, 0.05) is 163 Å². The van der Waals surface area contributed by atoms with E-state index in [1.54, 1.807) is 73.6 Å². The van der Waals surface area contributed by atoms with E-state index in [1.807, 2.05) is 98.0 Å². The molecule has 1 atom stereocenters. The minimum Gasteiger partial charge on any atom is -0.372 e. The molecule has 0 amide bonds. The number of ether oxygens (including phenoxy) is 1. The summed E-state index contributed by atoms with van der Waals surface area (Å²) in [7, 11) is 8.15. The van der Waals surface area contributed by atoms with Crippen LogP contribution in [0.3, 0.4) is 0 Å². The summed E-state index contributed by atoms with van der Waals surface area (Å²) in [6, 6.07) is 44.8. The lowest BCUT2D eigenvalue weighted by Crippen LogP contribution is -2.41. The van der Waals surface area contributed by atoms with Gasteiger partial charge in [0.25, 0.3) is 0 Å². The molecule has 0 aliphatic carbocycles. The molecule has 1 saturated heterocycles. The zero-order chi connectivity index (χ0) is 79.4. The standard InChI is InChI=1S/C25H22F3N3O.C23H21F2N3.C22H18F3N3.C21H18F2N4/c1-30-8-5-25(6-9-30)23-17(14-32-25)10-16(11-20(23)26)15-2-3-18-19-13-29-7-4-21(19)31(24(27)28)22(18)12-15;1-14-18-5-3-15(11-17(18)8-10-27(14)2)16-4-6-19-20-13-26-9-7-21(20)28(23(24)25)22(19)12-16;1-27-8-2-3-14-9-15(10-18(23)21(14)27)13-4-5-16-17-12-26-7-6-19(17)28(22(24)25)20(16)11-13;1-26-8-2-3-14-9-15(11-25-20(14)26)13-4-5-16-17-12-24-7-6-18(17)27(21(22)23)19(16)10-13/h2-4,7,10-13,24H,5-6,8-9,14H2,1H3;3-7,9,11-14,23H,8,10H2,1-2H3;4-7,9-12,22H,2-3,8H2,1H3;4-7,9-12,21H,2-3,8H2,1H3. The van der Waals surface area contributed by atoms with Gasteiger partial charge in [0.15, 0.2) is 0 Å². The van der Waals surface area contributed by atoms with Gasteiger partial charge in [-0.2, -0.15) is 35.1 Å². The lowest BCUT2D eigenvalue weighted by atomic mass is 9.82. The SMILES string of the molecule is CC1c2ccc(-c3ccc4c5cnccc5n(C(F)F)c4c3)cc2CCN1C.CN1CCC2(CC1)OCc1cc(-c3ccc4c5cnccc5n(C(F)F)c4c3)cc(F)c12.CN1CCCc2cc(-c3ccc4c5cnccc5n(C(F)F)c4c3)cc(F)c21.CN1CCCc2cc(-c3ccc4c5cnccc5n(C(F)F)c4c3)cnc21. The molecule has 1 fully saturated rings. The number of nitrogens with zero attached hydrogens (tertiary/aromatic N) is 13. The van der Waals surface area contributed by atoms with Crippen LogP contribution in [0.1, 0.15) is 98.2 Å². The molecule has 1 unspecified atom stereocenters. The Bertz CT molecular complexity index is 6480. The lowest BCUT2D eigenvalue weighted by molar-refractivity contribution is -0.0770. The number of hydrogen-bond acceptors (Lipinski definition) is 10. The van der Waals surface area contributed by atoms with Crippen LogP contribution in [0.5, 0.6) is 0 Å². The van der Waals surface area contributed by atoms with E-state index in [2.05, 4.69) is 84.9 Å². The maximum atomic E-state index is 15.4. The predicted molar refractivity (Wildman–Crippen MR) is 435 cm³/mol. The minimum absolute atomic E-state index is 0.270. The number of aromatic nitrogens is 9. The van der Waals surface area contributed by atoms with Crippen LogP contribution in [0.15, 0.2) is 201 Å². The molecule has 24 heteroatoms. The Balaban J connectivity index is 0.000000107. The third-order valence-corrected chi connectivity index (χ3v) is 24.2. The van der Waals surface area contributed by atoms with Crippen LogP contribution in [0.2, 0.25) is 0 Å². The Morgan fingerprint density at radius 3 is 1.25 bits per heavy atom. The number of likely N-dealkylation sites (tertiary alicyclic amines) is 1. The summed E-state index contributed by atoms with van der Waals surface area (Å²) < 4.78 is 151. The second-order valence-corrected chi connectivity index (χ2v) is 30.7. The smallest absolute Gasteiger partial charge is 0.319 e. The Morgan fingerprint density at radius 2 is 0.774 bits per heavy atom. The van der Waals surface area contributed by atoms with Gasteiger partial charge in [0.2, 0.25) is 0 Å². The van der Waals surface area contributed by atoms with Crippen LogP contribution < -0.4 is 9.80 Å². The highest BCUT2D eigenvalue weighted by atomic mass is 19.3. The number of anilines is 2. The number of halogens is 10. The number of rotatable bonds is 8. The highest BCUT2D eigenvalue weighted by Crippen LogP contribution is 2.48. The van der Waals surface area contributed by atoms with Gasteiger partial charge in [-0.05, 0) is 212 Å². The number of benzene rings is 7. The summed E-state index contributed by atoms with van der Waals surface area (Å²) in [6.07, 6.45) is 20.9. The van der Waals surface area contributed by atoms with Crippen molar-refractivity contribution in [2.45, 2.75) is 96.3 Å². The van der Waals surface area contributed by atoms with Crippen molar-refractivity contribution >= 4 is 98.7 Å². The predicted octanol–water partition coefficient (Wildman–Crippen LogP) is 22.4. The molecular formula is C91H79F10N13O. The van der Waals surface area contributed by atoms with Crippen molar-refractivity contribution in [3.8, 4) is 44.5 Å². The molecule has 21 rings (SSSR count). The molecule has 14 heterocycles. The zero-order valence-corrected chi connectivity index (χ0v) is 63.6. The summed E-state index contributed by atoms with van der Waals surface area (Å²) in [4.78, 5) is 29.7. The fraction of sp³-hybridized carbons (Fsp3) is 0.264. The van der Waals surface area contributed by atoms with Crippen LogP contribution >= 0.6 is 0 Å². The number of likely N-dealkylation sites (N-methyl/N-ethyl adjacent to an activating group) is 1. The fourth-order valence-electron chi connectivity index (χ4n) is 18.2. The van der Waals surface area contributed by atoms with Gasteiger partial charge in [0.1, 0.15) is 17.5 Å². The molecule has 0 bridgehead atoms. The van der Waals surface area contributed by atoms with Crippen molar-refractivity contribution in [2.75, 3.05) is 70.7 Å². The fourth-order valence-corrected chi connectivity index (χ4v) is 18.2. The van der Waals surface area contributed by atoms with Crippen molar-refractivity contribution in [1.29, 1.82) is 0 Å². The highest BCUT2D eigenvalue weighted by Gasteiger charge is 2.45. The number of alkyl halides is 8. The molecule has 16 aromatic rings. The summed E-state index contributed by atoms with van der Waals surface area (Å²) >= 11 is 0. The van der Waals surface area contributed by atoms with Gasteiger partial charge in [-0.1, -0.05) is 66.7 Å².